The van der Waals surface area contributed by atoms with Crippen LogP contribution in [0.4, 0.5) is 0 Å². The van der Waals surface area contributed by atoms with Gasteiger partial charge >= 0.3 is 0 Å². The molecule has 0 bridgehead atoms. The molecule has 8 heteroatoms. The zero-order chi connectivity index (χ0) is 21.0. The molecule has 162 valence electrons. The van der Waals surface area contributed by atoms with Crippen LogP contribution in [0.1, 0.15) is 17.5 Å². The maximum atomic E-state index is 13.2. The Morgan fingerprint density at radius 2 is 1.77 bits per heavy atom. The van der Waals surface area contributed by atoms with Crippen LogP contribution in [0, 0.1) is 0 Å². The number of nitrogens with zero attached hydrogens (tertiary/aromatic N) is 3. The minimum Gasteiger partial charge on any atom is -0.333 e. The van der Waals surface area contributed by atoms with Gasteiger partial charge in [-0.3, -0.25) is 14.6 Å². The zero-order valence-electron chi connectivity index (χ0n) is 17.2. The van der Waals surface area contributed by atoms with Crippen LogP contribution in [0.5, 0.6) is 0 Å². The molecule has 0 N–H and O–H groups in total. The van der Waals surface area contributed by atoms with Gasteiger partial charge in [0.2, 0.25) is 5.91 Å². The molecule has 1 aromatic carbocycles. The number of carbonyl (C=O) groups excluding carboxylic acids is 1. The number of sulfone groups is 1. The number of benzene rings is 1. The Morgan fingerprint density at radius 3 is 2.40 bits per heavy atom. The fraction of sp³-hybridized carbons (Fsp3) is 0.500. The SMILES string of the molecule is O=C(CN1CCN(Cc2ccsc2)CC1)N(Cc1ccccc1)[C@H]1CCS(=O)(=O)C1. The average Bonchev–Trinajstić information content (AvgIpc) is 3.37. The molecule has 1 atom stereocenters. The molecule has 0 aliphatic carbocycles. The normalized spacial score (nSPS) is 22.2. The molecule has 6 nitrogen and oxygen atoms in total. The summed E-state index contributed by atoms with van der Waals surface area (Å²) in [4.78, 5) is 19.7. The van der Waals surface area contributed by atoms with Crippen molar-refractivity contribution in [3.63, 3.8) is 0 Å². The first kappa shape index (κ1) is 21.5. The number of rotatable bonds is 7. The highest BCUT2D eigenvalue weighted by molar-refractivity contribution is 7.91. The summed E-state index contributed by atoms with van der Waals surface area (Å²) in [6.45, 7) is 5.40. The van der Waals surface area contributed by atoms with E-state index >= 15 is 0 Å². The first-order valence-corrected chi connectivity index (χ1v) is 13.2. The van der Waals surface area contributed by atoms with Gasteiger partial charge < -0.3 is 4.90 Å². The van der Waals surface area contributed by atoms with Crippen LogP contribution in [-0.2, 0) is 27.7 Å². The van der Waals surface area contributed by atoms with Gasteiger partial charge in [0.25, 0.3) is 0 Å². The van der Waals surface area contributed by atoms with Gasteiger partial charge in [-0.05, 0) is 34.4 Å². The minimum absolute atomic E-state index is 0.0345. The highest BCUT2D eigenvalue weighted by Gasteiger charge is 2.35. The van der Waals surface area contributed by atoms with Crippen molar-refractivity contribution in [3.8, 4) is 0 Å². The summed E-state index contributed by atoms with van der Waals surface area (Å²) in [5.74, 6) is 0.296. The molecular formula is C22H29N3O3S2. The van der Waals surface area contributed by atoms with E-state index in [4.69, 9.17) is 0 Å². The van der Waals surface area contributed by atoms with Crippen LogP contribution in [0.15, 0.2) is 47.2 Å². The van der Waals surface area contributed by atoms with Crippen molar-refractivity contribution in [3.05, 3.63) is 58.3 Å². The maximum absolute atomic E-state index is 13.2. The smallest absolute Gasteiger partial charge is 0.237 e. The molecule has 2 saturated heterocycles. The summed E-state index contributed by atoms with van der Waals surface area (Å²) in [7, 11) is -3.04. The molecule has 0 radical (unpaired) electrons. The van der Waals surface area contributed by atoms with Crippen molar-refractivity contribution >= 4 is 27.1 Å². The second-order valence-electron chi connectivity index (χ2n) is 8.25. The van der Waals surface area contributed by atoms with Gasteiger partial charge in [-0.2, -0.15) is 11.3 Å². The summed E-state index contributed by atoms with van der Waals surface area (Å²) in [6.07, 6.45) is 0.537. The van der Waals surface area contributed by atoms with Crippen molar-refractivity contribution in [1.29, 1.82) is 0 Å². The molecule has 4 rings (SSSR count). The van der Waals surface area contributed by atoms with Crippen LogP contribution >= 0.6 is 11.3 Å². The van der Waals surface area contributed by atoms with Gasteiger partial charge in [-0.1, -0.05) is 30.3 Å². The zero-order valence-corrected chi connectivity index (χ0v) is 18.8. The fourth-order valence-electron chi connectivity index (χ4n) is 4.25. The second kappa shape index (κ2) is 9.60. The van der Waals surface area contributed by atoms with Gasteiger partial charge in [0.1, 0.15) is 0 Å². The first-order valence-electron chi connectivity index (χ1n) is 10.5. The standard InChI is InChI=1S/C22H29N3O3S2/c26-22(16-24-10-8-23(9-11-24)14-20-6-12-29-17-20)25(15-19-4-2-1-3-5-19)21-7-13-30(27,28)18-21/h1-6,12,17,21H,7-11,13-16,18H2/t21-/m0/s1. The summed E-state index contributed by atoms with van der Waals surface area (Å²) < 4.78 is 24.0. The number of thiophene rings is 1. The Labute approximate surface area is 183 Å². The fourth-order valence-corrected chi connectivity index (χ4v) is 6.64. The number of hydrogen-bond acceptors (Lipinski definition) is 6. The maximum Gasteiger partial charge on any atom is 0.237 e. The topological polar surface area (TPSA) is 60.9 Å². The monoisotopic (exact) mass is 447 g/mol. The Kier molecular flexibility index (Phi) is 6.87. The van der Waals surface area contributed by atoms with E-state index < -0.39 is 9.84 Å². The highest BCUT2D eigenvalue weighted by Crippen LogP contribution is 2.21. The molecule has 0 unspecified atom stereocenters. The van der Waals surface area contributed by atoms with Gasteiger partial charge in [0, 0.05) is 45.3 Å². The average molecular weight is 448 g/mol. The number of carbonyl (C=O) groups is 1. The Bertz CT molecular complexity index is 924. The van der Waals surface area contributed by atoms with E-state index in [9.17, 15) is 13.2 Å². The van der Waals surface area contributed by atoms with Crippen LogP contribution in [0.3, 0.4) is 0 Å². The van der Waals surface area contributed by atoms with Crippen LogP contribution in [0.2, 0.25) is 0 Å². The van der Waals surface area contributed by atoms with Crippen molar-refractivity contribution in [2.75, 3.05) is 44.2 Å². The molecule has 2 aliphatic heterocycles. The van der Waals surface area contributed by atoms with E-state index in [-0.39, 0.29) is 23.5 Å². The predicted octanol–water partition coefficient (Wildman–Crippen LogP) is 2.08. The van der Waals surface area contributed by atoms with Crippen LogP contribution in [-0.4, -0.2) is 79.3 Å². The summed E-state index contributed by atoms with van der Waals surface area (Å²) >= 11 is 1.72. The first-order chi connectivity index (χ1) is 14.5. The number of amides is 1. The van der Waals surface area contributed by atoms with Crippen LogP contribution < -0.4 is 0 Å². The van der Waals surface area contributed by atoms with Crippen molar-refractivity contribution in [2.45, 2.75) is 25.6 Å². The third-order valence-corrected chi connectivity index (χ3v) is 8.46. The van der Waals surface area contributed by atoms with E-state index in [2.05, 4.69) is 26.6 Å². The largest absolute Gasteiger partial charge is 0.333 e. The number of piperazine rings is 1. The lowest BCUT2D eigenvalue weighted by Crippen LogP contribution is -2.51. The molecule has 3 heterocycles. The molecule has 2 fully saturated rings. The molecule has 30 heavy (non-hydrogen) atoms. The number of hydrogen-bond donors (Lipinski definition) is 0. The van der Waals surface area contributed by atoms with Crippen molar-refractivity contribution < 1.29 is 13.2 Å². The van der Waals surface area contributed by atoms with Crippen molar-refractivity contribution in [2.24, 2.45) is 0 Å². The Balaban J connectivity index is 1.36. The predicted molar refractivity (Wildman–Crippen MR) is 120 cm³/mol. The van der Waals surface area contributed by atoms with Crippen molar-refractivity contribution in [1.82, 2.24) is 14.7 Å². The summed E-state index contributed by atoms with van der Waals surface area (Å²) in [6, 6.07) is 11.8. The minimum atomic E-state index is -3.04. The van der Waals surface area contributed by atoms with E-state index in [0.29, 0.717) is 19.5 Å². The Hall–Kier alpha value is -1.74. The highest BCUT2D eigenvalue weighted by atomic mass is 32.2. The van der Waals surface area contributed by atoms with E-state index in [1.54, 1.807) is 16.2 Å². The second-order valence-corrected chi connectivity index (χ2v) is 11.3. The lowest BCUT2D eigenvalue weighted by Gasteiger charge is -2.36. The molecule has 1 aromatic heterocycles. The third-order valence-electron chi connectivity index (χ3n) is 5.98. The molecule has 1 amide bonds. The molecule has 2 aromatic rings. The lowest BCUT2D eigenvalue weighted by atomic mass is 10.1. The Morgan fingerprint density at radius 1 is 1.03 bits per heavy atom. The molecule has 0 spiro atoms. The summed E-state index contributed by atoms with van der Waals surface area (Å²) in [5.41, 5.74) is 2.39. The lowest BCUT2D eigenvalue weighted by molar-refractivity contribution is -0.135. The van der Waals surface area contributed by atoms with Crippen LogP contribution in [0.25, 0.3) is 0 Å². The van der Waals surface area contributed by atoms with Gasteiger partial charge in [0.05, 0.1) is 18.1 Å². The summed E-state index contributed by atoms with van der Waals surface area (Å²) in [5, 5.41) is 4.29. The van der Waals surface area contributed by atoms with Gasteiger partial charge in [-0.15, -0.1) is 0 Å². The third kappa shape index (κ3) is 5.69. The van der Waals surface area contributed by atoms with Gasteiger partial charge in [-0.25, -0.2) is 8.42 Å². The molecular weight excluding hydrogens is 418 g/mol. The van der Waals surface area contributed by atoms with E-state index in [1.165, 1.54) is 5.56 Å². The molecule has 2 aliphatic rings. The van der Waals surface area contributed by atoms with E-state index in [0.717, 1.165) is 38.3 Å². The molecule has 0 saturated carbocycles. The van der Waals surface area contributed by atoms with Gasteiger partial charge in [0.15, 0.2) is 9.84 Å². The quantitative estimate of drug-likeness (QED) is 0.650. The van der Waals surface area contributed by atoms with E-state index in [1.807, 2.05) is 30.3 Å².